The molecule has 0 spiro atoms. The number of fused-ring (bicyclic) bond motifs is 1. The van der Waals surface area contributed by atoms with E-state index >= 15 is 0 Å². The van der Waals surface area contributed by atoms with Gasteiger partial charge >= 0.3 is 0 Å². The normalized spacial score (nSPS) is 21.3. The van der Waals surface area contributed by atoms with Crippen molar-refractivity contribution in [1.29, 1.82) is 0 Å². The highest BCUT2D eigenvalue weighted by Gasteiger charge is 2.39. The molecule has 0 aromatic heterocycles. The first-order chi connectivity index (χ1) is 13.2. The van der Waals surface area contributed by atoms with Gasteiger partial charge in [0.15, 0.2) is 0 Å². The molecule has 140 valence electrons. The van der Waals surface area contributed by atoms with Crippen molar-refractivity contribution in [2.24, 2.45) is 0 Å². The maximum absolute atomic E-state index is 12.9. The molecule has 0 aliphatic carbocycles. The van der Waals surface area contributed by atoms with Crippen LogP contribution in [-0.4, -0.2) is 42.1 Å². The van der Waals surface area contributed by atoms with Crippen molar-refractivity contribution < 1.29 is 14.3 Å². The highest BCUT2D eigenvalue weighted by atomic mass is 16.5. The molecule has 1 N–H and O–H groups in total. The molecule has 2 aromatic rings. The molecule has 6 nitrogen and oxygen atoms in total. The molecule has 2 heterocycles. The number of benzene rings is 2. The third-order valence-corrected chi connectivity index (χ3v) is 4.92. The molecule has 27 heavy (non-hydrogen) atoms. The maximum atomic E-state index is 12.9. The van der Waals surface area contributed by atoms with Crippen molar-refractivity contribution in [3.8, 4) is 11.5 Å². The summed E-state index contributed by atoms with van der Waals surface area (Å²) in [6.45, 7) is 0.984. The molecule has 0 saturated carbocycles. The van der Waals surface area contributed by atoms with Crippen LogP contribution in [0.25, 0.3) is 0 Å². The highest BCUT2D eigenvalue weighted by Crippen LogP contribution is 2.32. The molecule has 2 unspecified atom stereocenters. The van der Waals surface area contributed by atoms with E-state index in [1.807, 2.05) is 65.9 Å². The van der Waals surface area contributed by atoms with E-state index in [2.05, 4.69) is 11.5 Å². The lowest BCUT2D eigenvalue weighted by atomic mass is 10.0. The second kappa shape index (κ2) is 7.72. The van der Waals surface area contributed by atoms with E-state index in [4.69, 9.17) is 9.47 Å². The third kappa shape index (κ3) is 3.75. The number of methoxy groups -OCH3 is 1. The number of hydrogen-bond donors (Lipinski definition) is 1. The number of rotatable bonds is 6. The highest BCUT2D eigenvalue weighted by molar-refractivity contribution is 5.84. The zero-order valence-corrected chi connectivity index (χ0v) is 15.2. The summed E-state index contributed by atoms with van der Waals surface area (Å²) in [6, 6.07) is 17.5. The van der Waals surface area contributed by atoms with E-state index in [1.54, 1.807) is 12.0 Å². The number of nitrogens with one attached hydrogen (secondary N) is 1. The Kier molecular flexibility index (Phi) is 4.98. The lowest BCUT2D eigenvalue weighted by Crippen LogP contribution is -2.48. The van der Waals surface area contributed by atoms with E-state index in [-0.39, 0.29) is 18.0 Å². The number of ether oxygens (including phenoxy) is 2. The molecule has 2 aromatic carbocycles. The molecule has 2 atom stereocenters. The summed E-state index contributed by atoms with van der Waals surface area (Å²) in [5.41, 5.74) is 4.52. The van der Waals surface area contributed by atoms with Gasteiger partial charge in [-0.1, -0.05) is 30.3 Å². The number of hydrogen-bond acceptors (Lipinski definition) is 5. The van der Waals surface area contributed by atoms with Crippen LogP contribution in [0.4, 0.5) is 0 Å². The SMILES string of the molecule is COc1cccc(C2CC3C(=O)N(CCOc4ccccc4)C=CN3N2)c1. The number of hydrazine groups is 1. The van der Waals surface area contributed by atoms with Crippen LogP contribution in [0.15, 0.2) is 67.0 Å². The average Bonchev–Trinajstić information content (AvgIpc) is 3.16. The minimum atomic E-state index is -0.206. The molecule has 0 bridgehead atoms. The summed E-state index contributed by atoms with van der Waals surface area (Å²) < 4.78 is 11.0. The fourth-order valence-electron chi connectivity index (χ4n) is 3.48. The molecular formula is C21H23N3O3. The number of carbonyl (C=O) groups excluding carboxylic acids is 1. The Morgan fingerprint density at radius 3 is 2.70 bits per heavy atom. The molecule has 1 amide bonds. The Morgan fingerprint density at radius 2 is 1.89 bits per heavy atom. The Labute approximate surface area is 158 Å². The molecule has 1 fully saturated rings. The summed E-state index contributed by atoms with van der Waals surface area (Å²) >= 11 is 0. The van der Waals surface area contributed by atoms with Gasteiger partial charge in [-0.25, -0.2) is 5.43 Å². The van der Waals surface area contributed by atoms with Crippen LogP contribution in [0, 0.1) is 0 Å². The Balaban J connectivity index is 1.36. The molecule has 6 heteroatoms. The second-order valence-electron chi connectivity index (χ2n) is 6.61. The van der Waals surface area contributed by atoms with E-state index < -0.39 is 0 Å². The first-order valence-corrected chi connectivity index (χ1v) is 9.10. The van der Waals surface area contributed by atoms with E-state index in [1.165, 1.54) is 0 Å². The summed E-state index contributed by atoms with van der Waals surface area (Å²) in [5, 5.41) is 1.90. The number of para-hydroxylation sites is 1. The number of carbonyl (C=O) groups is 1. The maximum Gasteiger partial charge on any atom is 0.251 e. The molecule has 2 aliphatic heterocycles. The van der Waals surface area contributed by atoms with Gasteiger partial charge in [0.2, 0.25) is 0 Å². The Bertz CT molecular complexity index is 824. The van der Waals surface area contributed by atoms with Gasteiger partial charge in [-0.2, -0.15) is 0 Å². The van der Waals surface area contributed by atoms with Crippen LogP contribution >= 0.6 is 0 Å². The van der Waals surface area contributed by atoms with Gasteiger partial charge in [0.05, 0.1) is 19.7 Å². The van der Waals surface area contributed by atoms with Gasteiger partial charge in [-0.15, -0.1) is 0 Å². The monoisotopic (exact) mass is 365 g/mol. The van der Waals surface area contributed by atoms with Crippen molar-refractivity contribution in [3.05, 3.63) is 72.6 Å². The van der Waals surface area contributed by atoms with Crippen molar-refractivity contribution in [2.45, 2.75) is 18.5 Å². The van der Waals surface area contributed by atoms with Crippen LogP contribution in [0.5, 0.6) is 11.5 Å². The quantitative estimate of drug-likeness (QED) is 0.853. The van der Waals surface area contributed by atoms with Crippen LogP contribution in [0.3, 0.4) is 0 Å². The van der Waals surface area contributed by atoms with Crippen LogP contribution < -0.4 is 14.9 Å². The van der Waals surface area contributed by atoms with E-state index in [0.29, 0.717) is 19.6 Å². The largest absolute Gasteiger partial charge is 0.497 e. The van der Waals surface area contributed by atoms with Crippen LogP contribution in [-0.2, 0) is 4.79 Å². The van der Waals surface area contributed by atoms with Gasteiger partial charge in [-0.05, 0) is 36.2 Å². The Morgan fingerprint density at radius 1 is 1.07 bits per heavy atom. The van der Waals surface area contributed by atoms with Crippen molar-refractivity contribution in [3.63, 3.8) is 0 Å². The predicted molar refractivity (Wildman–Crippen MR) is 102 cm³/mol. The van der Waals surface area contributed by atoms with E-state index in [9.17, 15) is 4.79 Å². The standard InChI is InChI=1S/C21H23N3O3/c1-26-18-9-5-6-16(14-18)19-15-20-21(25)23(10-11-24(20)22-19)12-13-27-17-7-3-2-4-8-17/h2-11,14,19-20,22H,12-13,15H2,1H3. The van der Waals surface area contributed by atoms with Crippen molar-refractivity contribution in [2.75, 3.05) is 20.3 Å². The lowest BCUT2D eigenvalue weighted by Gasteiger charge is -2.31. The smallest absolute Gasteiger partial charge is 0.251 e. The Hall–Kier alpha value is -2.99. The number of nitrogens with zero attached hydrogens (tertiary/aromatic N) is 2. The predicted octanol–water partition coefficient (Wildman–Crippen LogP) is 2.71. The fraction of sp³-hybridized carbons (Fsp3) is 0.286. The molecular weight excluding hydrogens is 342 g/mol. The van der Waals surface area contributed by atoms with Gasteiger partial charge < -0.3 is 19.4 Å². The van der Waals surface area contributed by atoms with Crippen LogP contribution in [0.2, 0.25) is 0 Å². The topological polar surface area (TPSA) is 54.0 Å². The summed E-state index contributed by atoms with van der Waals surface area (Å²) in [5.74, 6) is 1.72. The first-order valence-electron chi connectivity index (χ1n) is 9.10. The van der Waals surface area contributed by atoms with Crippen molar-refractivity contribution in [1.82, 2.24) is 15.3 Å². The van der Waals surface area contributed by atoms with Gasteiger partial charge in [-0.3, -0.25) is 4.79 Å². The molecule has 0 radical (unpaired) electrons. The average molecular weight is 365 g/mol. The first kappa shape index (κ1) is 17.4. The summed E-state index contributed by atoms with van der Waals surface area (Å²) in [4.78, 5) is 14.6. The third-order valence-electron chi connectivity index (χ3n) is 4.92. The zero-order valence-electron chi connectivity index (χ0n) is 15.2. The van der Waals surface area contributed by atoms with Gasteiger partial charge in [0.25, 0.3) is 5.91 Å². The molecule has 4 rings (SSSR count). The summed E-state index contributed by atoms with van der Waals surface area (Å²) in [6.07, 6.45) is 4.45. The second-order valence-corrected chi connectivity index (χ2v) is 6.61. The fourth-order valence-corrected chi connectivity index (χ4v) is 3.48. The lowest BCUT2D eigenvalue weighted by molar-refractivity contribution is -0.134. The summed E-state index contributed by atoms with van der Waals surface area (Å²) in [7, 11) is 1.66. The van der Waals surface area contributed by atoms with Gasteiger partial charge in [0, 0.05) is 12.4 Å². The minimum Gasteiger partial charge on any atom is -0.497 e. The molecule has 1 saturated heterocycles. The van der Waals surface area contributed by atoms with Crippen LogP contribution in [0.1, 0.15) is 18.0 Å². The number of amides is 1. The van der Waals surface area contributed by atoms with E-state index in [0.717, 1.165) is 17.1 Å². The minimum absolute atomic E-state index is 0.0826. The van der Waals surface area contributed by atoms with Gasteiger partial charge in [0.1, 0.15) is 24.1 Å². The van der Waals surface area contributed by atoms with Crippen molar-refractivity contribution >= 4 is 5.91 Å². The zero-order chi connectivity index (χ0) is 18.6. The molecule has 2 aliphatic rings.